The van der Waals surface area contributed by atoms with E-state index in [1.54, 1.807) is 7.11 Å². The average molecular weight is 211 g/mol. The molecule has 0 amide bonds. The number of nitrogens with two attached hydrogens (primary N) is 1. The Hall–Kier alpha value is -0.770. The van der Waals surface area contributed by atoms with E-state index >= 15 is 0 Å². The number of nitrogens with one attached hydrogen (secondary N) is 1. The van der Waals surface area contributed by atoms with Gasteiger partial charge in [0.2, 0.25) is 0 Å². The Labute approximate surface area is 91.3 Å². The molecular weight excluding hydrogens is 190 g/mol. The molecule has 0 bridgehead atoms. The molecule has 86 valence electrons. The van der Waals surface area contributed by atoms with E-state index in [1.165, 1.54) is 25.7 Å². The molecule has 1 unspecified atom stereocenters. The molecule has 2 fully saturated rings. The van der Waals surface area contributed by atoms with Crippen LogP contribution in [0.3, 0.4) is 0 Å². The minimum atomic E-state index is 0.222. The SMILES string of the molecule is COCC1CN(C(=N)N)CC12CCCC2. The van der Waals surface area contributed by atoms with Crippen LogP contribution in [-0.2, 0) is 4.74 Å². The Bertz CT molecular complexity index is 248. The summed E-state index contributed by atoms with van der Waals surface area (Å²) >= 11 is 0. The van der Waals surface area contributed by atoms with Gasteiger partial charge in [-0.1, -0.05) is 12.8 Å². The standard InChI is InChI=1S/C11H21N3O/c1-15-7-9-6-14(10(12)13)8-11(9)4-2-3-5-11/h9H,2-8H2,1H3,(H3,12,13). The van der Waals surface area contributed by atoms with Gasteiger partial charge in [0.15, 0.2) is 5.96 Å². The summed E-state index contributed by atoms with van der Waals surface area (Å²) in [6, 6.07) is 0. The number of rotatable bonds is 2. The molecule has 1 saturated heterocycles. The molecule has 1 atom stereocenters. The van der Waals surface area contributed by atoms with Crippen molar-refractivity contribution in [2.45, 2.75) is 25.7 Å². The maximum Gasteiger partial charge on any atom is 0.188 e. The fourth-order valence-corrected chi connectivity index (χ4v) is 3.29. The number of hydrogen-bond donors (Lipinski definition) is 2. The largest absolute Gasteiger partial charge is 0.384 e. The summed E-state index contributed by atoms with van der Waals surface area (Å²) in [6.45, 7) is 2.68. The minimum absolute atomic E-state index is 0.222. The van der Waals surface area contributed by atoms with E-state index in [-0.39, 0.29) is 5.96 Å². The summed E-state index contributed by atoms with van der Waals surface area (Å²) < 4.78 is 5.30. The van der Waals surface area contributed by atoms with Crippen LogP contribution in [0.4, 0.5) is 0 Å². The molecule has 0 aromatic carbocycles. The molecule has 1 heterocycles. The van der Waals surface area contributed by atoms with Gasteiger partial charge in [0, 0.05) is 26.1 Å². The van der Waals surface area contributed by atoms with Crippen LogP contribution in [0.1, 0.15) is 25.7 Å². The number of guanidine groups is 1. The second-order valence-electron chi connectivity index (χ2n) is 4.99. The van der Waals surface area contributed by atoms with Crippen LogP contribution in [0.2, 0.25) is 0 Å². The molecule has 0 aromatic rings. The molecule has 2 aliphatic rings. The van der Waals surface area contributed by atoms with Gasteiger partial charge in [0.25, 0.3) is 0 Å². The van der Waals surface area contributed by atoms with Crippen LogP contribution in [0.5, 0.6) is 0 Å². The van der Waals surface area contributed by atoms with Crippen molar-refractivity contribution < 1.29 is 4.74 Å². The van der Waals surface area contributed by atoms with Crippen molar-refractivity contribution in [1.29, 1.82) is 5.41 Å². The van der Waals surface area contributed by atoms with Gasteiger partial charge >= 0.3 is 0 Å². The lowest BCUT2D eigenvalue weighted by Gasteiger charge is -2.29. The van der Waals surface area contributed by atoms with Crippen molar-refractivity contribution in [3.05, 3.63) is 0 Å². The predicted molar refractivity (Wildman–Crippen MR) is 59.8 cm³/mol. The minimum Gasteiger partial charge on any atom is -0.384 e. The van der Waals surface area contributed by atoms with Crippen molar-refractivity contribution in [2.24, 2.45) is 17.1 Å². The van der Waals surface area contributed by atoms with Gasteiger partial charge in [-0.05, 0) is 18.3 Å². The van der Waals surface area contributed by atoms with Gasteiger partial charge in [0.1, 0.15) is 0 Å². The van der Waals surface area contributed by atoms with Crippen LogP contribution < -0.4 is 5.73 Å². The van der Waals surface area contributed by atoms with Crippen LogP contribution in [0, 0.1) is 16.7 Å². The summed E-state index contributed by atoms with van der Waals surface area (Å²) in [5.41, 5.74) is 5.97. The van der Waals surface area contributed by atoms with Gasteiger partial charge in [0.05, 0.1) is 6.61 Å². The van der Waals surface area contributed by atoms with Crippen molar-refractivity contribution in [3.63, 3.8) is 0 Å². The summed E-state index contributed by atoms with van der Waals surface area (Å²) in [5.74, 6) is 0.786. The Kier molecular flexibility index (Phi) is 2.87. The third kappa shape index (κ3) is 1.83. The first-order chi connectivity index (χ1) is 7.18. The smallest absolute Gasteiger partial charge is 0.188 e. The van der Waals surface area contributed by atoms with E-state index in [0.717, 1.165) is 19.7 Å². The first-order valence-electron chi connectivity index (χ1n) is 5.76. The van der Waals surface area contributed by atoms with Crippen molar-refractivity contribution in [1.82, 2.24) is 4.90 Å². The zero-order chi connectivity index (χ0) is 10.9. The molecule has 0 aromatic heterocycles. The Morgan fingerprint density at radius 3 is 2.73 bits per heavy atom. The molecule has 2 rings (SSSR count). The molecule has 1 aliphatic carbocycles. The first kappa shape index (κ1) is 10.7. The van der Waals surface area contributed by atoms with Crippen molar-refractivity contribution in [3.8, 4) is 0 Å². The molecule has 1 aliphatic heterocycles. The summed E-state index contributed by atoms with van der Waals surface area (Å²) in [7, 11) is 1.76. The summed E-state index contributed by atoms with van der Waals surface area (Å²) in [5, 5.41) is 7.52. The summed E-state index contributed by atoms with van der Waals surface area (Å²) in [6.07, 6.45) is 5.22. The van der Waals surface area contributed by atoms with E-state index < -0.39 is 0 Å². The highest BCUT2D eigenvalue weighted by molar-refractivity contribution is 5.75. The van der Waals surface area contributed by atoms with Gasteiger partial charge in [-0.25, -0.2) is 0 Å². The lowest BCUT2D eigenvalue weighted by Crippen LogP contribution is -2.35. The molecular formula is C11H21N3O. The lowest BCUT2D eigenvalue weighted by molar-refractivity contribution is 0.0968. The Balaban J connectivity index is 2.10. The molecule has 3 N–H and O–H groups in total. The zero-order valence-corrected chi connectivity index (χ0v) is 9.46. The van der Waals surface area contributed by atoms with E-state index in [2.05, 4.69) is 0 Å². The van der Waals surface area contributed by atoms with E-state index in [0.29, 0.717) is 11.3 Å². The topological polar surface area (TPSA) is 62.3 Å². The third-order valence-corrected chi connectivity index (χ3v) is 4.12. The van der Waals surface area contributed by atoms with Crippen molar-refractivity contribution >= 4 is 5.96 Å². The van der Waals surface area contributed by atoms with Crippen molar-refractivity contribution in [2.75, 3.05) is 26.8 Å². The lowest BCUT2D eigenvalue weighted by atomic mass is 9.77. The monoisotopic (exact) mass is 211 g/mol. The fourth-order valence-electron chi connectivity index (χ4n) is 3.29. The maximum absolute atomic E-state index is 7.52. The molecule has 1 spiro atoms. The molecule has 0 radical (unpaired) electrons. The number of hydrogen-bond acceptors (Lipinski definition) is 2. The molecule has 4 nitrogen and oxygen atoms in total. The quantitative estimate of drug-likeness (QED) is 0.529. The van der Waals surface area contributed by atoms with E-state index in [4.69, 9.17) is 15.9 Å². The number of nitrogens with zero attached hydrogens (tertiary/aromatic N) is 1. The van der Waals surface area contributed by atoms with Crippen LogP contribution in [0.25, 0.3) is 0 Å². The highest BCUT2D eigenvalue weighted by Gasteiger charge is 2.48. The Morgan fingerprint density at radius 1 is 1.53 bits per heavy atom. The third-order valence-electron chi connectivity index (χ3n) is 4.12. The highest BCUT2D eigenvalue weighted by atomic mass is 16.5. The van der Waals surface area contributed by atoms with Gasteiger partial charge in [-0.2, -0.15) is 0 Å². The number of methoxy groups -OCH3 is 1. The number of ether oxygens (including phenoxy) is 1. The van der Waals surface area contributed by atoms with Gasteiger partial charge in [-0.15, -0.1) is 0 Å². The average Bonchev–Trinajstić information content (AvgIpc) is 2.78. The Morgan fingerprint density at radius 2 is 2.20 bits per heavy atom. The maximum atomic E-state index is 7.52. The first-order valence-corrected chi connectivity index (χ1v) is 5.76. The predicted octanol–water partition coefficient (Wildman–Crippen LogP) is 1.02. The molecule has 4 heteroatoms. The van der Waals surface area contributed by atoms with Crippen LogP contribution in [0.15, 0.2) is 0 Å². The van der Waals surface area contributed by atoms with Crippen LogP contribution in [-0.4, -0.2) is 37.7 Å². The molecule has 15 heavy (non-hydrogen) atoms. The van der Waals surface area contributed by atoms with Gasteiger partial charge < -0.3 is 15.4 Å². The van der Waals surface area contributed by atoms with Crippen LogP contribution >= 0.6 is 0 Å². The van der Waals surface area contributed by atoms with E-state index in [1.807, 2.05) is 4.90 Å². The normalized spacial score (nSPS) is 28.9. The second kappa shape index (κ2) is 4.00. The highest BCUT2D eigenvalue weighted by Crippen LogP contribution is 2.48. The summed E-state index contributed by atoms with van der Waals surface area (Å²) in [4.78, 5) is 2.01. The van der Waals surface area contributed by atoms with E-state index in [9.17, 15) is 0 Å². The van der Waals surface area contributed by atoms with Gasteiger partial charge in [-0.3, -0.25) is 5.41 Å². The second-order valence-corrected chi connectivity index (χ2v) is 4.99. The fraction of sp³-hybridized carbons (Fsp3) is 0.909. The number of likely N-dealkylation sites (tertiary alicyclic amines) is 1. The zero-order valence-electron chi connectivity index (χ0n) is 9.46. The molecule has 1 saturated carbocycles.